The van der Waals surface area contributed by atoms with Crippen LogP contribution in [0.3, 0.4) is 0 Å². The molecule has 0 spiro atoms. The fraction of sp³-hybridized carbons (Fsp3) is 0.211. The SMILES string of the molecule is CCC(=O)Nc1ccc(Cl)c(NC(=S)NC(=O)c2cc(Br)cc(C)c2OC)c1. The molecule has 28 heavy (non-hydrogen) atoms. The number of carbonyl (C=O) groups is 2. The second-order valence-electron chi connectivity index (χ2n) is 5.81. The summed E-state index contributed by atoms with van der Waals surface area (Å²) in [5, 5.41) is 8.67. The second-order valence-corrected chi connectivity index (χ2v) is 7.54. The monoisotopic (exact) mass is 483 g/mol. The molecule has 0 aliphatic carbocycles. The minimum absolute atomic E-state index is 0.0607. The van der Waals surface area contributed by atoms with Crippen molar-refractivity contribution in [2.75, 3.05) is 17.7 Å². The summed E-state index contributed by atoms with van der Waals surface area (Å²) in [4.78, 5) is 24.2. The van der Waals surface area contributed by atoms with Crippen molar-refractivity contribution in [3.63, 3.8) is 0 Å². The van der Waals surface area contributed by atoms with Gasteiger partial charge in [0.25, 0.3) is 5.91 Å². The van der Waals surface area contributed by atoms with Crippen molar-refractivity contribution in [3.8, 4) is 5.75 Å². The third-order valence-corrected chi connectivity index (χ3v) is 4.73. The molecule has 0 saturated carbocycles. The number of carbonyl (C=O) groups excluding carboxylic acids is 2. The quantitative estimate of drug-likeness (QED) is 0.526. The van der Waals surface area contributed by atoms with Crippen molar-refractivity contribution in [2.45, 2.75) is 20.3 Å². The van der Waals surface area contributed by atoms with E-state index in [1.54, 1.807) is 31.2 Å². The Morgan fingerprint density at radius 3 is 2.57 bits per heavy atom. The Labute approximate surface area is 182 Å². The first kappa shape index (κ1) is 22.1. The lowest BCUT2D eigenvalue weighted by molar-refractivity contribution is -0.115. The zero-order chi connectivity index (χ0) is 20.8. The number of nitrogens with one attached hydrogen (secondary N) is 3. The first-order valence-corrected chi connectivity index (χ1v) is 9.89. The van der Waals surface area contributed by atoms with Gasteiger partial charge in [0.2, 0.25) is 5.91 Å². The van der Waals surface area contributed by atoms with Gasteiger partial charge in [-0.3, -0.25) is 14.9 Å². The minimum atomic E-state index is -0.426. The number of rotatable bonds is 5. The van der Waals surface area contributed by atoms with E-state index in [1.807, 2.05) is 13.0 Å². The van der Waals surface area contributed by atoms with E-state index >= 15 is 0 Å². The Kier molecular flexibility index (Phi) is 7.79. The van der Waals surface area contributed by atoms with Crippen LogP contribution in [0.25, 0.3) is 0 Å². The summed E-state index contributed by atoms with van der Waals surface area (Å²) in [7, 11) is 1.50. The lowest BCUT2D eigenvalue weighted by atomic mass is 10.1. The highest BCUT2D eigenvalue weighted by molar-refractivity contribution is 9.10. The van der Waals surface area contributed by atoms with Crippen LogP contribution in [-0.4, -0.2) is 24.0 Å². The Hall–Kier alpha value is -2.16. The molecule has 0 saturated heterocycles. The Morgan fingerprint density at radius 2 is 1.93 bits per heavy atom. The highest BCUT2D eigenvalue weighted by Crippen LogP contribution is 2.28. The van der Waals surface area contributed by atoms with E-state index in [4.69, 9.17) is 28.6 Å². The lowest BCUT2D eigenvalue weighted by Crippen LogP contribution is -2.34. The maximum absolute atomic E-state index is 12.6. The predicted octanol–water partition coefficient (Wildman–Crippen LogP) is 4.89. The number of benzene rings is 2. The molecule has 0 heterocycles. The number of thiocarbonyl (C=S) groups is 1. The summed E-state index contributed by atoms with van der Waals surface area (Å²) in [5.41, 5.74) is 2.17. The van der Waals surface area contributed by atoms with Gasteiger partial charge in [0.1, 0.15) is 5.75 Å². The molecule has 6 nitrogen and oxygen atoms in total. The first-order valence-electron chi connectivity index (χ1n) is 8.31. The van der Waals surface area contributed by atoms with Crippen molar-refractivity contribution in [2.24, 2.45) is 0 Å². The maximum Gasteiger partial charge on any atom is 0.261 e. The van der Waals surface area contributed by atoms with Crippen LogP contribution in [0.5, 0.6) is 5.75 Å². The molecule has 0 aliphatic heterocycles. The molecule has 0 radical (unpaired) electrons. The molecule has 2 aromatic rings. The number of anilines is 2. The summed E-state index contributed by atoms with van der Waals surface area (Å²) in [6.45, 7) is 3.60. The van der Waals surface area contributed by atoms with E-state index in [2.05, 4.69) is 31.9 Å². The van der Waals surface area contributed by atoms with Crippen LogP contribution in [0, 0.1) is 6.92 Å². The summed E-state index contributed by atoms with van der Waals surface area (Å²) in [6, 6.07) is 8.44. The summed E-state index contributed by atoms with van der Waals surface area (Å²) in [5.74, 6) is -0.0857. The van der Waals surface area contributed by atoms with Gasteiger partial charge in [-0.15, -0.1) is 0 Å². The Balaban J connectivity index is 2.15. The molecular weight excluding hydrogens is 466 g/mol. The van der Waals surface area contributed by atoms with E-state index in [-0.39, 0.29) is 11.0 Å². The van der Waals surface area contributed by atoms with Gasteiger partial charge in [-0.05, 0) is 55.0 Å². The topological polar surface area (TPSA) is 79.5 Å². The third kappa shape index (κ3) is 5.67. The van der Waals surface area contributed by atoms with E-state index < -0.39 is 5.91 Å². The van der Waals surface area contributed by atoms with Gasteiger partial charge in [0, 0.05) is 16.6 Å². The van der Waals surface area contributed by atoms with E-state index in [1.165, 1.54) is 7.11 Å². The van der Waals surface area contributed by atoms with Crippen LogP contribution < -0.4 is 20.7 Å². The van der Waals surface area contributed by atoms with Gasteiger partial charge in [0.05, 0.1) is 23.4 Å². The van der Waals surface area contributed by atoms with Crippen LogP contribution in [0.15, 0.2) is 34.8 Å². The van der Waals surface area contributed by atoms with Gasteiger partial charge in [-0.1, -0.05) is 34.5 Å². The molecule has 0 atom stereocenters. The molecule has 0 aliphatic rings. The number of amides is 2. The smallest absolute Gasteiger partial charge is 0.261 e. The van der Waals surface area contributed by atoms with Crippen molar-refractivity contribution in [3.05, 3.63) is 51.0 Å². The fourth-order valence-electron chi connectivity index (χ4n) is 2.44. The zero-order valence-corrected chi connectivity index (χ0v) is 18.6. The number of hydrogen-bond donors (Lipinski definition) is 3. The standard InChI is InChI=1S/C19H19BrClN3O3S/c1-4-16(25)22-12-5-6-14(21)15(9-12)23-19(28)24-18(26)13-8-11(20)7-10(2)17(13)27-3/h5-9H,4H2,1-3H3,(H,22,25)(H2,23,24,26,28). The van der Waals surface area contributed by atoms with Gasteiger partial charge in [-0.25, -0.2) is 0 Å². The molecule has 2 amide bonds. The molecule has 9 heteroatoms. The van der Waals surface area contributed by atoms with Crippen molar-refractivity contribution < 1.29 is 14.3 Å². The van der Waals surface area contributed by atoms with Gasteiger partial charge in [0.15, 0.2) is 5.11 Å². The highest BCUT2D eigenvalue weighted by atomic mass is 79.9. The summed E-state index contributed by atoms with van der Waals surface area (Å²) >= 11 is 14.8. The number of halogens is 2. The molecular formula is C19H19BrClN3O3S. The molecule has 0 unspecified atom stereocenters. The highest BCUT2D eigenvalue weighted by Gasteiger charge is 2.17. The Bertz CT molecular complexity index is 937. The van der Waals surface area contributed by atoms with Crippen molar-refractivity contribution >= 4 is 68.1 Å². The van der Waals surface area contributed by atoms with E-state index in [9.17, 15) is 9.59 Å². The van der Waals surface area contributed by atoms with Crippen molar-refractivity contribution in [1.82, 2.24) is 5.32 Å². The zero-order valence-electron chi connectivity index (χ0n) is 15.5. The second kappa shape index (κ2) is 9.86. The predicted molar refractivity (Wildman–Crippen MR) is 119 cm³/mol. The van der Waals surface area contributed by atoms with Gasteiger partial charge in [-0.2, -0.15) is 0 Å². The average Bonchev–Trinajstić information content (AvgIpc) is 2.63. The lowest BCUT2D eigenvalue weighted by Gasteiger charge is -2.15. The number of methoxy groups -OCH3 is 1. The molecule has 148 valence electrons. The van der Waals surface area contributed by atoms with Crippen LogP contribution in [0.2, 0.25) is 5.02 Å². The fourth-order valence-corrected chi connectivity index (χ4v) is 3.38. The van der Waals surface area contributed by atoms with Crippen LogP contribution in [0.4, 0.5) is 11.4 Å². The Morgan fingerprint density at radius 1 is 1.21 bits per heavy atom. The van der Waals surface area contributed by atoms with Crippen LogP contribution in [-0.2, 0) is 4.79 Å². The third-order valence-electron chi connectivity index (χ3n) is 3.73. The maximum atomic E-state index is 12.6. The van der Waals surface area contributed by atoms with Crippen molar-refractivity contribution in [1.29, 1.82) is 0 Å². The normalized spacial score (nSPS) is 10.2. The number of ether oxygens (including phenoxy) is 1. The summed E-state index contributed by atoms with van der Waals surface area (Å²) < 4.78 is 6.08. The molecule has 2 aromatic carbocycles. The molecule has 2 rings (SSSR count). The molecule has 0 aromatic heterocycles. The first-order chi connectivity index (χ1) is 13.2. The molecule has 0 fully saturated rings. The van der Waals surface area contributed by atoms with E-state index in [0.717, 1.165) is 10.0 Å². The van der Waals surface area contributed by atoms with Crippen LogP contribution >= 0.6 is 39.7 Å². The largest absolute Gasteiger partial charge is 0.496 e. The number of aryl methyl sites for hydroxylation is 1. The molecule has 3 N–H and O–H groups in total. The molecule has 0 bridgehead atoms. The van der Waals surface area contributed by atoms with Crippen LogP contribution in [0.1, 0.15) is 29.3 Å². The summed E-state index contributed by atoms with van der Waals surface area (Å²) in [6.07, 6.45) is 0.355. The van der Waals surface area contributed by atoms with Gasteiger partial charge < -0.3 is 15.4 Å². The number of hydrogen-bond acceptors (Lipinski definition) is 4. The average molecular weight is 485 g/mol. The van der Waals surface area contributed by atoms with Gasteiger partial charge >= 0.3 is 0 Å². The minimum Gasteiger partial charge on any atom is -0.496 e. The van der Waals surface area contributed by atoms with E-state index in [0.29, 0.717) is 34.1 Å².